The number of benzene rings is 5. The van der Waals surface area contributed by atoms with Gasteiger partial charge in [-0.1, -0.05) is 65.9 Å². The molecule has 0 radical (unpaired) electrons. The van der Waals surface area contributed by atoms with Crippen molar-refractivity contribution in [2.75, 3.05) is 39.4 Å². The second kappa shape index (κ2) is 17.9. The Bertz CT molecular complexity index is 2850. The topological polar surface area (TPSA) is 231 Å². The third kappa shape index (κ3) is 9.41. The van der Waals surface area contributed by atoms with E-state index in [1.165, 1.54) is 42.5 Å². The average molecular weight is 885 g/mol. The largest absolute Gasteiger partial charge is 0.497 e. The Morgan fingerprint density at radius 2 is 1.36 bits per heavy atom. The number of sulfonamides is 1. The van der Waals surface area contributed by atoms with E-state index in [2.05, 4.69) is 25.7 Å². The van der Waals surface area contributed by atoms with Gasteiger partial charge in [-0.25, -0.2) is 26.6 Å². The molecule has 0 saturated carbocycles. The maximum Gasteiger partial charge on any atom is 0.404 e. The molecular formula is C41H40N8O9S3. The SMILES string of the molecule is COc1ccc(CN(Cc2ccc(OC)cc2)S(=O)(=O)c2c(S(=O)(=O)CCNC(=O)O)ccc(-c3cccc4sc(N)nc34)c2-c2nnn(Cc3ccc(OC)cc3)n2)cc1. The van der Waals surface area contributed by atoms with Crippen LogP contribution in [0.3, 0.4) is 0 Å². The lowest BCUT2D eigenvalue weighted by Crippen LogP contribution is -2.33. The number of nitrogens with one attached hydrogen (secondary N) is 1. The minimum atomic E-state index is -4.92. The number of para-hydroxylation sites is 1. The molecule has 2 aromatic heterocycles. The van der Waals surface area contributed by atoms with E-state index in [0.717, 1.165) is 9.87 Å². The summed E-state index contributed by atoms with van der Waals surface area (Å²) in [5.41, 5.74) is 9.01. The van der Waals surface area contributed by atoms with Crippen LogP contribution >= 0.6 is 11.3 Å². The van der Waals surface area contributed by atoms with Gasteiger partial charge in [0.05, 0.1) is 54.3 Å². The van der Waals surface area contributed by atoms with Gasteiger partial charge < -0.3 is 30.4 Å². The fraction of sp³-hybridized carbons (Fsp3) is 0.195. The summed E-state index contributed by atoms with van der Waals surface area (Å²) in [6, 6.07) is 28.7. The minimum Gasteiger partial charge on any atom is -0.497 e. The van der Waals surface area contributed by atoms with Crippen LogP contribution in [0.1, 0.15) is 16.7 Å². The van der Waals surface area contributed by atoms with Crippen LogP contribution in [-0.2, 0) is 39.5 Å². The van der Waals surface area contributed by atoms with Crippen LogP contribution < -0.4 is 25.3 Å². The molecule has 0 fully saturated rings. The number of sulfone groups is 1. The zero-order chi connectivity index (χ0) is 43.3. The van der Waals surface area contributed by atoms with E-state index >= 15 is 8.42 Å². The zero-order valence-corrected chi connectivity index (χ0v) is 35.5. The number of carbonyl (C=O) groups is 1. The third-order valence-electron chi connectivity index (χ3n) is 9.62. The molecule has 0 aliphatic carbocycles. The molecule has 4 N–H and O–H groups in total. The number of aromatic nitrogens is 5. The number of nitrogen functional groups attached to an aromatic ring is 1. The van der Waals surface area contributed by atoms with E-state index in [1.54, 1.807) is 79.9 Å². The monoisotopic (exact) mass is 884 g/mol. The van der Waals surface area contributed by atoms with Crippen molar-refractivity contribution in [2.45, 2.75) is 29.4 Å². The van der Waals surface area contributed by atoms with Crippen molar-refractivity contribution in [3.63, 3.8) is 0 Å². The first kappa shape index (κ1) is 42.5. The number of rotatable bonds is 17. The molecule has 5 aromatic carbocycles. The Hall–Kier alpha value is -6.61. The van der Waals surface area contributed by atoms with Crippen molar-refractivity contribution < 1.29 is 40.9 Å². The molecule has 0 atom stereocenters. The lowest BCUT2D eigenvalue weighted by Gasteiger charge is -2.26. The van der Waals surface area contributed by atoms with E-state index < -0.39 is 48.0 Å². The molecular weight excluding hydrogens is 845 g/mol. The fourth-order valence-electron chi connectivity index (χ4n) is 6.62. The Kier molecular flexibility index (Phi) is 12.5. The van der Waals surface area contributed by atoms with Crippen LogP contribution in [0.2, 0.25) is 0 Å². The summed E-state index contributed by atoms with van der Waals surface area (Å²) in [6.07, 6.45) is -1.45. The van der Waals surface area contributed by atoms with E-state index in [-0.39, 0.29) is 41.7 Å². The number of carboxylic acid groups (broad SMARTS) is 1. The molecule has 61 heavy (non-hydrogen) atoms. The molecule has 0 unspecified atom stereocenters. The zero-order valence-electron chi connectivity index (χ0n) is 33.0. The van der Waals surface area contributed by atoms with Crippen molar-refractivity contribution in [3.8, 4) is 39.8 Å². The van der Waals surface area contributed by atoms with Crippen LogP contribution in [0, 0.1) is 0 Å². The highest BCUT2D eigenvalue weighted by Gasteiger charge is 2.38. The predicted molar refractivity (Wildman–Crippen MR) is 229 cm³/mol. The number of nitrogens with two attached hydrogens (primary N) is 1. The van der Waals surface area contributed by atoms with Gasteiger partial charge in [0.15, 0.2) is 15.0 Å². The van der Waals surface area contributed by atoms with Crippen LogP contribution in [-0.4, -0.2) is 91.2 Å². The number of tetrazole rings is 1. The molecule has 0 bridgehead atoms. The van der Waals surface area contributed by atoms with Crippen molar-refractivity contribution in [3.05, 3.63) is 120 Å². The van der Waals surface area contributed by atoms with Gasteiger partial charge in [0.1, 0.15) is 22.1 Å². The second-order valence-corrected chi connectivity index (χ2v) is 18.5. The fourth-order valence-corrected chi connectivity index (χ4v) is 11.0. The van der Waals surface area contributed by atoms with Gasteiger partial charge >= 0.3 is 6.09 Å². The van der Waals surface area contributed by atoms with Gasteiger partial charge in [-0.3, -0.25) is 0 Å². The Morgan fingerprint density at radius 3 is 1.92 bits per heavy atom. The number of thiazole rings is 1. The lowest BCUT2D eigenvalue weighted by molar-refractivity contribution is 0.195. The number of ether oxygens (including phenoxy) is 3. The molecule has 2 heterocycles. The number of hydrogen-bond donors (Lipinski definition) is 3. The number of hydrogen-bond acceptors (Lipinski definition) is 14. The van der Waals surface area contributed by atoms with E-state index in [4.69, 9.17) is 19.9 Å². The highest BCUT2D eigenvalue weighted by atomic mass is 32.2. The summed E-state index contributed by atoms with van der Waals surface area (Å²) < 4.78 is 78.4. The predicted octanol–water partition coefficient (Wildman–Crippen LogP) is 5.71. The molecule has 0 aliphatic rings. The van der Waals surface area contributed by atoms with Crippen molar-refractivity contribution in [1.29, 1.82) is 0 Å². The molecule has 0 spiro atoms. The molecule has 316 valence electrons. The summed E-state index contributed by atoms with van der Waals surface area (Å²) >= 11 is 1.23. The molecule has 0 saturated heterocycles. The number of anilines is 1. The summed E-state index contributed by atoms with van der Waals surface area (Å²) in [5.74, 6) is 0.766. The number of nitrogens with zero attached hydrogens (tertiary/aromatic N) is 6. The maximum absolute atomic E-state index is 15.8. The summed E-state index contributed by atoms with van der Waals surface area (Å²) in [4.78, 5) is 16.0. The van der Waals surface area contributed by atoms with Gasteiger partial charge in [-0.15, -0.1) is 10.2 Å². The maximum atomic E-state index is 15.8. The highest BCUT2D eigenvalue weighted by molar-refractivity contribution is 7.93. The van der Waals surface area contributed by atoms with Crippen molar-refractivity contribution in [2.24, 2.45) is 0 Å². The Morgan fingerprint density at radius 1 is 0.787 bits per heavy atom. The van der Waals surface area contributed by atoms with E-state index in [0.29, 0.717) is 44.2 Å². The first-order chi connectivity index (χ1) is 29.3. The lowest BCUT2D eigenvalue weighted by atomic mass is 9.98. The van der Waals surface area contributed by atoms with Crippen LogP contribution in [0.4, 0.5) is 9.93 Å². The Labute approximate surface area is 355 Å². The quantitative estimate of drug-likeness (QED) is 0.0996. The van der Waals surface area contributed by atoms with Crippen LogP contribution in [0.15, 0.2) is 113 Å². The molecule has 20 heteroatoms. The van der Waals surface area contributed by atoms with Crippen molar-refractivity contribution in [1.82, 2.24) is 34.8 Å². The van der Waals surface area contributed by atoms with Gasteiger partial charge in [0.25, 0.3) is 0 Å². The summed E-state index contributed by atoms with van der Waals surface area (Å²) in [5, 5.41) is 24.9. The molecule has 1 amide bonds. The molecule has 0 aliphatic heterocycles. The van der Waals surface area contributed by atoms with Gasteiger partial charge in [0.2, 0.25) is 15.8 Å². The summed E-state index contributed by atoms with van der Waals surface area (Å²) in [7, 11) is -4.91. The normalized spacial score (nSPS) is 11.8. The molecule has 7 aromatic rings. The van der Waals surface area contributed by atoms with Gasteiger partial charge in [-0.2, -0.15) is 9.10 Å². The number of fused-ring (bicyclic) bond motifs is 1. The molecule has 7 rings (SSSR count). The second-order valence-electron chi connectivity index (χ2n) is 13.5. The smallest absolute Gasteiger partial charge is 0.404 e. The van der Waals surface area contributed by atoms with Gasteiger partial charge in [-0.05, 0) is 76.0 Å². The van der Waals surface area contributed by atoms with E-state index in [1.807, 2.05) is 18.2 Å². The first-order valence-electron chi connectivity index (χ1n) is 18.5. The van der Waals surface area contributed by atoms with Gasteiger partial charge in [0, 0.05) is 25.2 Å². The number of amides is 1. The molecule has 17 nitrogen and oxygen atoms in total. The average Bonchev–Trinajstić information content (AvgIpc) is 3.89. The summed E-state index contributed by atoms with van der Waals surface area (Å²) in [6.45, 7) is -0.828. The Balaban J connectivity index is 1.50. The number of methoxy groups -OCH3 is 3. The standard InChI is InChI=1S/C41H40N8O9S3/c1-56-29-13-7-26(8-14-29)23-48(24-27-9-15-30(57-2)16-10-27)61(54,55)38-35(60(52,53)22-21-43-41(50)51)20-19-32(33-5-4-6-34-37(33)44-40(42)59-34)36(38)39-45-47-49(46-39)25-28-11-17-31(58-3)18-12-28/h4-20,43H,21-25H2,1-3H3,(H2,42,44)(H,50,51). The third-order valence-corrected chi connectivity index (χ3v) is 14.2. The van der Waals surface area contributed by atoms with Crippen LogP contribution in [0.25, 0.3) is 32.7 Å². The van der Waals surface area contributed by atoms with Crippen LogP contribution in [0.5, 0.6) is 17.2 Å². The first-order valence-corrected chi connectivity index (χ1v) is 22.4. The van der Waals surface area contributed by atoms with Crippen molar-refractivity contribution >= 4 is 52.6 Å². The van der Waals surface area contributed by atoms with E-state index in [9.17, 15) is 18.3 Å². The highest BCUT2D eigenvalue weighted by Crippen LogP contribution is 2.44. The minimum absolute atomic E-state index is 0.118.